The lowest BCUT2D eigenvalue weighted by Crippen LogP contribution is -2.50. The average molecular weight is 772 g/mol. The van der Waals surface area contributed by atoms with Crippen LogP contribution in [0.1, 0.15) is 28.9 Å². The number of fused-ring (bicyclic) bond motifs is 1. The second-order valence-corrected chi connectivity index (χ2v) is 12.5. The predicted octanol–water partition coefficient (Wildman–Crippen LogP) is -0.721. The molecule has 3 aromatic rings. The molecule has 1 fully saturated rings. The predicted molar refractivity (Wildman–Crippen MR) is 197 cm³/mol. The van der Waals surface area contributed by atoms with E-state index in [9.17, 15) is 24.0 Å². The molecule has 1 aliphatic heterocycles. The van der Waals surface area contributed by atoms with E-state index in [1.165, 1.54) is 13.3 Å². The molecule has 0 spiro atoms. The van der Waals surface area contributed by atoms with Gasteiger partial charge < -0.3 is 49.6 Å². The summed E-state index contributed by atoms with van der Waals surface area (Å²) in [6, 6.07) is 5.70. The van der Waals surface area contributed by atoms with E-state index in [1.807, 2.05) is 11.9 Å². The topological polar surface area (TPSA) is 254 Å². The Bertz CT molecular complexity index is 1770. The molecule has 20 heteroatoms. The number of carbonyl (C=O) groups excluding carboxylic acids is 3. The smallest absolute Gasteiger partial charge is 0.329 e. The highest BCUT2D eigenvalue weighted by atomic mass is 16.6. The Kier molecular flexibility index (Phi) is 17.1. The summed E-state index contributed by atoms with van der Waals surface area (Å²) >= 11 is 0. The van der Waals surface area contributed by atoms with Crippen molar-refractivity contribution in [3.63, 3.8) is 0 Å². The van der Waals surface area contributed by atoms with Crippen molar-refractivity contribution in [3.05, 3.63) is 52.1 Å². The van der Waals surface area contributed by atoms with Gasteiger partial charge in [-0.2, -0.15) is 4.98 Å². The highest BCUT2D eigenvalue weighted by Crippen LogP contribution is 2.17. The number of hydrogen-bond acceptors (Lipinski definition) is 16. The monoisotopic (exact) mass is 771 g/mol. The van der Waals surface area contributed by atoms with Crippen LogP contribution in [0.4, 0.5) is 11.6 Å². The molecule has 1 atom stereocenters. The summed E-state index contributed by atoms with van der Waals surface area (Å²) in [6.07, 6.45) is 1.65. The van der Waals surface area contributed by atoms with Gasteiger partial charge in [-0.3, -0.25) is 24.3 Å². The molecule has 300 valence electrons. The van der Waals surface area contributed by atoms with Crippen LogP contribution in [0.2, 0.25) is 0 Å². The van der Waals surface area contributed by atoms with Crippen LogP contribution in [0.15, 0.2) is 35.3 Å². The summed E-state index contributed by atoms with van der Waals surface area (Å²) in [5, 5.41) is 11.2. The molecule has 55 heavy (non-hydrogen) atoms. The van der Waals surface area contributed by atoms with Gasteiger partial charge in [0.2, 0.25) is 11.9 Å². The number of ether oxygens (including phenoxy) is 5. The van der Waals surface area contributed by atoms with Crippen molar-refractivity contribution in [2.45, 2.75) is 25.4 Å². The molecule has 4 rings (SSSR count). The number of hydrogen-bond donors (Lipinski definition) is 4. The zero-order valence-corrected chi connectivity index (χ0v) is 31.1. The Morgan fingerprint density at radius 1 is 0.945 bits per heavy atom. The first-order valence-corrected chi connectivity index (χ1v) is 17.8. The van der Waals surface area contributed by atoms with Crippen molar-refractivity contribution >= 4 is 46.6 Å². The van der Waals surface area contributed by atoms with E-state index in [0.29, 0.717) is 90.2 Å². The number of carboxylic acid groups (broad SMARTS) is 1. The minimum atomic E-state index is -1.02. The van der Waals surface area contributed by atoms with Crippen molar-refractivity contribution in [2.24, 2.45) is 0 Å². The molecule has 0 radical (unpaired) electrons. The Morgan fingerprint density at radius 2 is 1.58 bits per heavy atom. The van der Waals surface area contributed by atoms with Gasteiger partial charge in [0.15, 0.2) is 11.2 Å². The summed E-state index contributed by atoms with van der Waals surface area (Å²) < 4.78 is 26.2. The quantitative estimate of drug-likeness (QED) is 0.0685. The summed E-state index contributed by atoms with van der Waals surface area (Å²) in [5.41, 5.74) is 6.91. The normalized spacial score (nSPS) is 13.7. The van der Waals surface area contributed by atoms with Crippen LogP contribution in [0.3, 0.4) is 0 Å². The van der Waals surface area contributed by atoms with Gasteiger partial charge in [0, 0.05) is 57.4 Å². The lowest BCUT2D eigenvalue weighted by molar-refractivity contribution is -0.144. The number of nitrogens with one attached hydrogen (secondary N) is 2. The van der Waals surface area contributed by atoms with E-state index in [0.717, 1.165) is 5.69 Å². The van der Waals surface area contributed by atoms with Crippen LogP contribution in [0.5, 0.6) is 0 Å². The van der Waals surface area contributed by atoms with Crippen LogP contribution in [0, 0.1) is 0 Å². The van der Waals surface area contributed by atoms with Crippen molar-refractivity contribution in [2.75, 3.05) is 110 Å². The first-order valence-electron chi connectivity index (χ1n) is 17.8. The van der Waals surface area contributed by atoms with Crippen molar-refractivity contribution in [3.8, 4) is 0 Å². The third-order valence-electron chi connectivity index (χ3n) is 8.51. The lowest BCUT2D eigenvalue weighted by Gasteiger charge is -2.34. The number of benzene rings is 1. The van der Waals surface area contributed by atoms with E-state index in [1.54, 1.807) is 29.2 Å². The van der Waals surface area contributed by atoms with Crippen LogP contribution in [-0.2, 0) is 44.6 Å². The standard InChI is InChI=1S/C35H49N9O11/c1-42(22-25-21-37-31-30(38-25)33(49)41-35(36)40-31)26-5-3-24(4-6-26)32(48)39-27(34(50)51-2)7-8-28(45)44-11-9-43(10-12-44)13-14-52-15-16-53-17-18-54-19-20-55-23-29(46)47/h3-6,21,27H,7-20,22-23H2,1-2H3,(H,39,48)(H,46,47)(H3,36,37,40,41,49)/t27-/m0/s1. The van der Waals surface area contributed by atoms with E-state index < -0.39 is 29.4 Å². The van der Waals surface area contributed by atoms with Gasteiger partial charge in [-0.15, -0.1) is 0 Å². The Morgan fingerprint density at radius 3 is 2.22 bits per heavy atom. The average Bonchev–Trinajstić information content (AvgIpc) is 3.18. The summed E-state index contributed by atoms with van der Waals surface area (Å²) in [4.78, 5) is 82.0. The van der Waals surface area contributed by atoms with Crippen LogP contribution < -0.4 is 21.5 Å². The number of nitrogen functional groups attached to an aromatic ring is 1. The Labute approximate surface area is 317 Å². The van der Waals surface area contributed by atoms with Gasteiger partial charge in [-0.1, -0.05) is 0 Å². The molecule has 0 bridgehead atoms. The SMILES string of the molecule is COC(=O)[C@H](CCC(=O)N1CCN(CCOCCOCCOCCOCC(=O)O)CC1)NC(=O)c1ccc(N(C)Cc2cnc3nc(N)[nH]c(=O)c3n2)cc1. The van der Waals surface area contributed by atoms with Crippen molar-refractivity contribution in [1.29, 1.82) is 0 Å². The largest absolute Gasteiger partial charge is 0.480 e. The number of H-pyrrole nitrogens is 1. The highest BCUT2D eigenvalue weighted by Gasteiger charge is 2.26. The van der Waals surface area contributed by atoms with Crippen LogP contribution in [0.25, 0.3) is 11.2 Å². The second kappa shape index (κ2) is 22.2. The number of methoxy groups -OCH3 is 1. The van der Waals surface area contributed by atoms with Gasteiger partial charge >= 0.3 is 11.9 Å². The Hall–Kier alpha value is -5.28. The first-order chi connectivity index (χ1) is 26.5. The molecular weight excluding hydrogens is 722 g/mol. The maximum absolute atomic E-state index is 13.1. The molecule has 0 unspecified atom stereocenters. The summed E-state index contributed by atoms with van der Waals surface area (Å²) in [7, 11) is 3.05. The van der Waals surface area contributed by atoms with Crippen molar-refractivity contribution < 1.29 is 48.0 Å². The Balaban J connectivity index is 1.12. The molecule has 0 aliphatic carbocycles. The molecule has 1 aromatic carbocycles. The molecule has 1 saturated heterocycles. The maximum Gasteiger partial charge on any atom is 0.329 e. The zero-order valence-electron chi connectivity index (χ0n) is 31.1. The second-order valence-electron chi connectivity index (χ2n) is 12.5. The molecule has 1 aliphatic rings. The summed E-state index contributed by atoms with van der Waals surface area (Å²) in [6.45, 7) is 5.78. The molecule has 3 heterocycles. The van der Waals surface area contributed by atoms with Crippen LogP contribution in [-0.4, -0.2) is 164 Å². The van der Waals surface area contributed by atoms with E-state index in [4.69, 9.17) is 34.5 Å². The number of aromatic nitrogens is 4. The van der Waals surface area contributed by atoms with Gasteiger partial charge in [0.25, 0.3) is 11.5 Å². The van der Waals surface area contributed by atoms with E-state index in [2.05, 4.69) is 30.2 Å². The minimum absolute atomic E-state index is 0.0431. The van der Waals surface area contributed by atoms with Gasteiger partial charge in [-0.25, -0.2) is 19.6 Å². The molecule has 20 nitrogen and oxygen atoms in total. The van der Waals surface area contributed by atoms with E-state index in [-0.39, 0.29) is 49.1 Å². The number of anilines is 2. The molecular formula is C35H49N9O11. The number of nitrogens with two attached hydrogens (primary N) is 1. The zero-order chi connectivity index (χ0) is 39.6. The molecule has 2 aromatic heterocycles. The number of piperazine rings is 1. The lowest BCUT2D eigenvalue weighted by atomic mass is 10.1. The number of aliphatic carboxylic acids is 1. The fraction of sp³-hybridized carbons (Fsp3) is 0.543. The first kappa shape index (κ1) is 42.5. The minimum Gasteiger partial charge on any atom is -0.480 e. The highest BCUT2D eigenvalue weighted by molar-refractivity contribution is 5.97. The van der Waals surface area contributed by atoms with Crippen molar-refractivity contribution in [1.82, 2.24) is 35.1 Å². The third-order valence-corrected chi connectivity index (χ3v) is 8.51. The fourth-order valence-corrected chi connectivity index (χ4v) is 5.54. The molecule has 5 N–H and O–H groups in total. The van der Waals surface area contributed by atoms with Gasteiger partial charge in [0.05, 0.1) is 71.8 Å². The van der Waals surface area contributed by atoms with Gasteiger partial charge in [0.1, 0.15) is 12.6 Å². The van der Waals surface area contributed by atoms with Crippen LogP contribution >= 0.6 is 0 Å². The summed E-state index contributed by atoms with van der Waals surface area (Å²) in [5.74, 6) is -2.30. The number of carboxylic acids is 1. The van der Waals surface area contributed by atoms with E-state index >= 15 is 0 Å². The third kappa shape index (κ3) is 14.1. The number of amides is 2. The fourth-order valence-electron chi connectivity index (χ4n) is 5.54. The number of carbonyl (C=O) groups is 4. The number of esters is 1. The number of nitrogens with zero attached hydrogens (tertiary/aromatic N) is 6. The molecule has 2 amide bonds. The number of aromatic amines is 1. The van der Waals surface area contributed by atoms with Gasteiger partial charge in [-0.05, 0) is 30.7 Å². The number of rotatable bonds is 23. The molecule has 0 saturated carbocycles. The maximum atomic E-state index is 13.1.